The lowest BCUT2D eigenvalue weighted by atomic mass is 10.1. The van der Waals surface area contributed by atoms with Gasteiger partial charge in [-0.3, -0.25) is 0 Å². The van der Waals surface area contributed by atoms with Crippen molar-refractivity contribution >= 4 is 31.9 Å². The Morgan fingerprint density at radius 2 is 1.47 bits per heavy atom. The zero-order valence-electron chi connectivity index (χ0n) is 9.94. The monoisotopic (exact) mass is 376 g/mol. The molecule has 1 aromatic heterocycles. The predicted molar refractivity (Wildman–Crippen MR) is 85.0 cm³/mol. The summed E-state index contributed by atoms with van der Waals surface area (Å²) in [6, 6.07) is 18.3. The maximum Gasteiger partial charge on any atom is 0.134 e. The molecule has 94 valence electrons. The van der Waals surface area contributed by atoms with Crippen molar-refractivity contribution in [2.24, 2.45) is 0 Å². The molecule has 1 nitrogen and oxygen atoms in total. The highest BCUT2D eigenvalue weighted by Crippen LogP contribution is 2.30. The molecule has 0 aliphatic heterocycles. The van der Waals surface area contributed by atoms with Crippen LogP contribution in [0.3, 0.4) is 0 Å². The molecule has 3 rings (SSSR count). The summed E-state index contributed by atoms with van der Waals surface area (Å²) in [6.07, 6.45) is 1.79. The van der Waals surface area contributed by atoms with Gasteiger partial charge in [-0.05, 0) is 35.9 Å². The molecule has 0 fully saturated rings. The van der Waals surface area contributed by atoms with Gasteiger partial charge in [0.2, 0.25) is 0 Å². The molecule has 3 heteroatoms. The number of hydrogen-bond acceptors (Lipinski definition) is 1. The van der Waals surface area contributed by atoms with Crippen molar-refractivity contribution in [2.45, 2.75) is 0 Å². The van der Waals surface area contributed by atoms with Gasteiger partial charge < -0.3 is 4.42 Å². The topological polar surface area (TPSA) is 13.1 Å². The fourth-order valence-electron chi connectivity index (χ4n) is 1.92. The number of rotatable bonds is 2. The Labute approximate surface area is 128 Å². The summed E-state index contributed by atoms with van der Waals surface area (Å²) in [7, 11) is 0. The first-order valence-corrected chi connectivity index (χ1v) is 7.41. The Kier molecular flexibility index (Phi) is 3.58. The van der Waals surface area contributed by atoms with E-state index < -0.39 is 0 Å². The number of benzene rings is 2. The summed E-state index contributed by atoms with van der Waals surface area (Å²) in [5, 5.41) is 0. The highest BCUT2D eigenvalue weighted by Gasteiger charge is 2.06. The van der Waals surface area contributed by atoms with Crippen molar-refractivity contribution in [3.63, 3.8) is 0 Å². The average molecular weight is 378 g/mol. The van der Waals surface area contributed by atoms with E-state index in [4.69, 9.17) is 4.42 Å². The minimum absolute atomic E-state index is 0.874. The van der Waals surface area contributed by atoms with Gasteiger partial charge in [-0.1, -0.05) is 56.1 Å². The highest BCUT2D eigenvalue weighted by molar-refractivity contribution is 9.10. The van der Waals surface area contributed by atoms with Gasteiger partial charge in [0.05, 0.1) is 6.26 Å². The molecule has 0 aliphatic carbocycles. The van der Waals surface area contributed by atoms with Crippen LogP contribution in [0.2, 0.25) is 0 Å². The van der Waals surface area contributed by atoms with Crippen molar-refractivity contribution in [1.82, 2.24) is 0 Å². The number of halogens is 2. The zero-order valence-corrected chi connectivity index (χ0v) is 13.1. The van der Waals surface area contributed by atoms with Crippen molar-refractivity contribution in [3.8, 4) is 22.5 Å². The van der Waals surface area contributed by atoms with Crippen molar-refractivity contribution in [2.75, 3.05) is 0 Å². The Bertz CT molecular complexity index is 699. The summed E-state index contributed by atoms with van der Waals surface area (Å²) in [6.45, 7) is 0. The van der Waals surface area contributed by atoms with E-state index in [0.29, 0.717) is 0 Å². The van der Waals surface area contributed by atoms with Gasteiger partial charge in [0.1, 0.15) is 5.76 Å². The normalized spacial score (nSPS) is 10.6. The molecule has 0 atom stereocenters. The number of hydrogen-bond donors (Lipinski definition) is 0. The van der Waals surface area contributed by atoms with Crippen LogP contribution in [0.25, 0.3) is 22.5 Å². The van der Waals surface area contributed by atoms with Crippen LogP contribution in [-0.4, -0.2) is 0 Å². The maximum absolute atomic E-state index is 5.66. The van der Waals surface area contributed by atoms with Crippen LogP contribution in [-0.2, 0) is 0 Å². The number of furan rings is 1. The lowest BCUT2D eigenvalue weighted by molar-refractivity contribution is 0.583. The minimum atomic E-state index is 0.874. The van der Waals surface area contributed by atoms with E-state index in [1.54, 1.807) is 6.26 Å². The first-order valence-electron chi connectivity index (χ1n) is 5.83. The molecule has 0 bridgehead atoms. The lowest BCUT2D eigenvalue weighted by Crippen LogP contribution is -1.74. The predicted octanol–water partition coefficient (Wildman–Crippen LogP) is 6.14. The first-order chi connectivity index (χ1) is 9.22. The molecular formula is C16H10Br2O. The van der Waals surface area contributed by atoms with E-state index in [1.165, 1.54) is 0 Å². The van der Waals surface area contributed by atoms with Crippen molar-refractivity contribution in [3.05, 3.63) is 69.8 Å². The van der Waals surface area contributed by atoms with Crippen molar-refractivity contribution in [1.29, 1.82) is 0 Å². The maximum atomic E-state index is 5.66. The average Bonchev–Trinajstić information content (AvgIpc) is 2.89. The van der Waals surface area contributed by atoms with Crippen LogP contribution in [0, 0.1) is 0 Å². The quantitative estimate of drug-likeness (QED) is 0.522. The highest BCUT2D eigenvalue weighted by atomic mass is 79.9. The molecule has 1 heterocycles. The molecule has 0 radical (unpaired) electrons. The third-order valence-electron chi connectivity index (χ3n) is 2.89. The van der Waals surface area contributed by atoms with E-state index in [-0.39, 0.29) is 0 Å². The van der Waals surface area contributed by atoms with Gasteiger partial charge in [0, 0.05) is 20.1 Å². The fraction of sp³-hybridized carbons (Fsp3) is 0. The van der Waals surface area contributed by atoms with E-state index >= 15 is 0 Å². The molecule has 0 spiro atoms. The van der Waals surface area contributed by atoms with Crippen LogP contribution < -0.4 is 0 Å². The van der Waals surface area contributed by atoms with Gasteiger partial charge in [-0.15, -0.1) is 0 Å². The van der Waals surface area contributed by atoms with Crippen LogP contribution in [0.1, 0.15) is 0 Å². The molecular weight excluding hydrogens is 368 g/mol. The molecule has 0 unspecified atom stereocenters. The third kappa shape index (κ3) is 2.82. The smallest absolute Gasteiger partial charge is 0.134 e. The van der Waals surface area contributed by atoms with Gasteiger partial charge in [0.25, 0.3) is 0 Å². The Hall–Kier alpha value is -1.32. The molecule has 0 saturated heterocycles. The third-order valence-corrected chi connectivity index (χ3v) is 3.91. The minimum Gasteiger partial charge on any atom is -0.464 e. The summed E-state index contributed by atoms with van der Waals surface area (Å²) in [4.78, 5) is 0. The fourth-order valence-corrected chi connectivity index (χ4v) is 2.59. The van der Waals surface area contributed by atoms with Crippen molar-refractivity contribution < 1.29 is 4.42 Å². The Balaban J connectivity index is 1.97. The van der Waals surface area contributed by atoms with Gasteiger partial charge in [-0.2, -0.15) is 0 Å². The van der Waals surface area contributed by atoms with Gasteiger partial charge >= 0.3 is 0 Å². The second-order valence-electron chi connectivity index (χ2n) is 4.22. The van der Waals surface area contributed by atoms with Crippen LogP contribution in [0.15, 0.2) is 74.2 Å². The van der Waals surface area contributed by atoms with Gasteiger partial charge in [0.15, 0.2) is 0 Å². The Morgan fingerprint density at radius 1 is 0.684 bits per heavy atom. The lowest BCUT2D eigenvalue weighted by Gasteiger charge is -1.97. The van der Waals surface area contributed by atoms with Crippen LogP contribution in [0.4, 0.5) is 0 Å². The molecule has 0 aliphatic rings. The summed E-state index contributed by atoms with van der Waals surface area (Å²) < 4.78 is 7.78. The summed E-state index contributed by atoms with van der Waals surface area (Å²) >= 11 is 6.91. The van der Waals surface area contributed by atoms with E-state index in [2.05, 4.69) is 50.1 Å². The van der Waals surface area contributed by atoms with E-state index in [1.807, 2.05) is 36.4 Å². The first kappa shape index (κ1) is 12.7. The molecule has 2 aromatic carbocycles. The largest absolute Gasteiger partial charge is 0.464 e. The second-order valence-corrected chi connectivity index (χ2v) is 6.05. The Morgan fingerprint density at radius 3 is 2.21 bits per heavy atom. The molecule has 0 amide bonds. The molecule has 19 heavy (non-hydrogen) atoms. The molecule has 0 saturated carbocycles. The standard InChI is InChI=1S/C16H10Br2O/c17-14-6-4-11(5-7-14)13-9-16(19-10-13)12-2-1-3-15(18)8-12/h1-10H. The molecule has 3 aromatic rings. The van der Waals surface area contributed by atoms with Crippen LogP contribution >= 0.6 is 31.9 Å². The van der Waals surface area contributed by atoms with E-state index in [9.17, 15) is 0 Å². The van der Waals surface area contributed by atoms with Gasteiger partial charge in [-0.25, -0.2) is 0 Å². The summed E-state index contributed by atoms with van der Waals surface area (Å²) in [5.41, 5.74) is 3.30. The zero-order chi connectivity index (χ0) is 13.2. The SMILES string of the molecule is Brc1ccc(-c2coc(-c3cccc(Br)c3)c2)cc1. The van der Waals surface area contributed by atoms with E-state index in [0.717, 1.165) is 31.4 Å². The summed E-state index contributed by atoms with van der Waals surface area (Å²) in [5.74, 6) is 0.874. The van der Waals surface area contributed by atoms with Crippen LogP contribution in [0.5, 0.6) is 0 Å². The molecule has 0 N–H and O–H groups in total. The second kappa shape index (κ2) is 5.35.